The Morgan fingerprint density at radius 2 is 2.36 bits per heavy atom. The van der Waals surface area contributed by atoms with Crippen molar-refractivity contribution in [2.75, 3.05) is 6.54 Å². The zero-order valence-corrected chi connectivity index (χ0v) is 7.39. The summed E-state index contributed by atoms with van der Waals surface area (Å²) in [6.07, 6.45) is 0. The van der Waals surface area contributed by atoms with Crippen LogP contribution in [0.2, 0.25) is 0 Å². The van der Waals surface area contributed by atoms with Gasteiger partial charge in [-0.3, -0.25) is 5.14 Å². The first-order chi connectivity index (χ1) is 5.22. The van der Waals surface area contributed by atoms with Crippen molar-refractivity contribution in [3.05, 3.63) is 11.4 Å². The van der Waals surface area contributed by atoms with E-state index in [-0.39, 0.29) is 5.83 Å². The fraction of sp³-hybridized carbons (Fsp3) is 0.429. The van der Waals surface area contributed by atoms with Crippen molar-refractivity contribution < 1.29 is 4.39 Å². The predicted molar refractivity (Wildman–Crippen MR) is 47.0 cm³/mol. The second-order valence-electron chi connectivity index (χ2n) is 1.91. The van der Waals surface area contributed by atoms with Crippen molar-refractivity contribution in [2.45, 2.75) is 13.8 Å². The van der Waals surface area contributed by atoms with Crippen LogP contribution in [0.25, 0.3) is 0 Å². The number of rotatable bonds is 3. The topological polar surface area (TPSA) is 38.0 Å². The predicted octanol–water partition coefficient (Wildman–Crippen LogP) is 1.36. The van der Waals surface area contributed by atoms with Crippen LogP contribution in [0.5, 0.6) is 0 Å². The Labute approximate surface area is 70.7 Å². The van der Waals surface area contributed by atoms with Gasteiger partial charge in [0.05, 0.1) is 0 Å². The molecule has 62 valence electrons. The lowest BCUT2D eigenvalue weighted by Gasteiger charge is -1.98. The van der Waals surface area contributed by atoms with Crippen molar-refractivity contribution >= 4 is 12.1 Å². The summed E-state index contributed by atoms with van der Waals surface area (Å²) in [5.41, 5.74) is 0.567. The first-order valence-electron chi connectivity index (χ1n) is 3.09. The lowest BCUT2D eigenvalue weighted by Crippen LogP contribution is -2.10. The molecule has 0 aromatic rings. The molecule has 4 heteroatoms. The molecule has 0 amide bonds. The van der Waals surface area contributed by atoms with Gasteiger partial charge in [0, 0.05) is 18.7 Å². The van der Waals surface area contributed by atoms with Crippen LogP contribution >= 0.6 is 12.1 Å². The molecule has 0 aliphatic carbocycles. The zero-order chi connectivity index (χ0) is 8.69. The van der Waals surface area contributed by atoms with Gasteiger partial charge in [0.15, 0.2) is 5.83 Å². The molecule has 11 heavy (non-hydrogen) atoms. The van der Waals surface area contributed by atoms with Crippen LogP contribution in [0, 0.1) is 11.8 Å². The molecule has 3 N–H and O–H groups in total. The summed E-state index contributed by atoms with van der Waals surface area (Å²) in [6, 6.07) is 0. The molecule has 0 saturated heterocycles. The maximum absolute atomic E-state index is 12.7. The highest BCUT2D eigenvalue weighted by atomic mass is 32.2. The van der Waals surface area contributed by atoms with Crippen molar-refractivity contribution in [1.82, 2.24) is 4.72 Å². The van der Waals surface area contributed by atoms with Crippen molar-refractivity contribution in [3.8, 4) is 11.8 Å². The van der Waals surface area contributed by atoms with Gasteiger partial charge in [0.2, 0.25) is 0 Å². The van der Waals surface area contributed by atoms with E-state index in [2.05, 4.69) is 16.6 Å². The molecule has 0 aliphatic rings. The van der Waals surface area contributed by atoms with E-state index in [9.17, 15) is 4.39 Å². The van der Waals surface area contributed by atoms with Gasteiger partial charge in [-0.2, -0.15) is 4.39 Å². The highest BCUT2D eigenvalue weighted by molar-refractivity contribution is 7.95. The minimum Gasteiger partial charge on any atom is -0.264 e. The highest BCUT2D eigenvalue weighted by Crippen LogP contribution is 2.03. The van der Waals surface area contributed by atoms with E-state index in [0.29, 0.717) is 12.1 Å². The molecule has 0 fully saturated rings. The summed E-state index contributed by atoms with van der Waals surface area (Å²) in [5, 5.41) is 5.08. The summed E-state index contributed by atoms with van der Waals surface area (Å²) < 4.78 is 15.5. The zero-order valence-electron chi connectivity index (χ0n) is 6.57. The van der Waals surface area contributed by atoms with Gasteiger partial charge in [-0.25, -0.2) is 4.72 Å². The van der Waals surface area contributed by atoms with E-state index in [1.165, 1.54) is 0 Å². The molecule has 0 aromatic heterocycles. The molecule has 0 atom stereocenters. The van der Waals surface area contributed by atoms with E-state index in [1.807, 2.05) is 0 Å². The third-order valence-electron chi connectivity index (χ3n) is 1.03. The Morgan fingerprint density at radius 3 is 2.82 bits per heavy atom. The first kappa shape index (κ1) is 10.5. The van der Waals surface area contributed by atoms with Gasteiger partial charge in [0.1, 0.15) is 0 Å². The molecule has 2 nitrogen and oxygen atoms in total. The highest BCUT2D eigenvalue weighted by Gasteiger charge is 1.96. The largest absolute Gasteiger partial charge is 0.264 e. The van der Waals surface area contributed by atoms with Gasteiger partial charge in [-0.05, 0) is 25.3 Å². The summed E-state index contributed by atoms with van der Waals surface area (Å²) >= 11 is 0.966. The minimum absolute atomic E-state index is 0.381. The number of nitrogens with one attached hydrogen (secondary N) is 1. The quantitative estimate of drug-likeness (QED) is 0.501. The molecule has 0 heterocycles. The van der Waals surface area contributed by atoms with E-state index >= 15 is 0 Å². The van der Waals surface area contributed by atoms with Crippen LogP contribution in [-0.2, 0) is 0 Å². The third-order valence-corrected chi connectivity index (χ3v) is 1.34. The average molecular weight is 174 g/mol. The summed E-state index contributed by atoms with van der Waals surface area (Å²) in [4.78, 5) is 0. The number of hydrogen-bond acceptors (Lipinski definition) is 3. The number of halogens is 1. The Hall–Kier alpha value is -0.500. The number of nitrogens with two attached hydrogens (primary N) is 1. The van der Waals surface area contributed by atoms with Gasteiger partial charge in [-0.15, -0.1) is 0 Å². The van der Waals surface area contributed by atoms with Gasteiger partial charge >= 0.3 is 0 Å². The van der Waals surface area contributed by atoms with Gasteiger partial charge < -0.3 is 0 Å². The monoisotopic (exact) mass is 174 g/mol. The number of allylic oxidation sites excluding steroid dienone is 1. The molecule has 0 aromatic carbocycles. The Kier molecular flexibility index (Phi) is 5.94. The third kappa shape index (κ3) is 4.85. The van der Waals surface area contributed by atoms with Crippen LogP contribution in [0.1, 0.15) is 13.8 Å². The summed E-state index contributed by atoms with van der Waals surface area (Å²) in [6.45, 7) is 3.68. The maximum Gasteiger partial charge on any atom is 0.173 e. The van der Waals surface area contributed by atoms with Crippen LogP contribution < -0.4 is 9.86 Å². The molecular formula is C7H11FN2S. The second kappa shape index (κ2) is 6.23. The lowest BCUT2D eigenvalue weighted by molar-refractivity contribution is 0.657. The van der Waals surface area contributed by atoms with Crippen molar-refractivity contribution in [1.29, 1.82) is 0 Å². The number of hydrogen-bond donors (Lipinski definition) is 2. The van der Waals surface area contributed by atoms with Crippen LogP contribution in [-0.4, -0.2) is 6.54 Å². The molecule has 0 radical (unpaired) electrons. The summed E-state index contributed by atoms with van der Waals surface area (Å²) in [7, 11) is 0. The van der Waals surface area contributed by atoms with Gasteiger partial charge in [0.25, 0.3) is 0 Å². The second-order valence-corrected chi connectivity index (χ2v) is 2.43. The van der Waals surface area contributed by atoms with E-state index in [1.54, 1.807) is 13.8 Å². The van der Waals surface area contributed by atoms with Crippen LogP contribution in [0.3, 0.4) is 0 Å². The van der Waals surface area contributed by atoms with Crippen LogP contribution in [0.15, 0.2) is 11.4 Å². The maximum atomic E-state index is 12.7. The minimum atomic E-state index is -0.381. The Morgan fingerprint density at radius 1 is 1.73 bits per heavy atom. The molecule has 0 spiro atoms. The molecule has 0 unspecified atom stereocenters. The van der Waals surface area contributed by atoms with E-state index in [0.717, 1.165) is 12.1 Å². The van der Waals surface area contributed by atoms with Crippen molar-refractivity contribution in [2.24, 2.45) is 5.14 Å². The Bertz CT molecular complexity index is 202. The van der Waals surface area contributed by atoms with E-state index < -0.39 is 0 Å². The standard InChI is InChI=1S/C7H11FN2S/c1-3-4-7(8)6(2)5-10-11-9/h10H,5,9H2,1-2H3/b7-6+. The lowest BCUT2D eigenvalue weighted by atomic mass is 10.3. The molecule has 0 rings (SSSR count). The van der Waals surface area contributed by atoms with E-state index in [4.69, 9.17) is 5.14 Å². The van der Waals surface area contributed by atoms with Crippen LogP contribution in [0.4, 0.5) is 4.39 Å². The van der Waals surface area contributed by atoms with Gasteiger partial charge in [-0.1, -0.05) is 5.92 Å². The first-order valence-corrected chi connectivity index (χ1v) is 3.97. The molecule has 0 bridgehead atoms. The van der Waals surface area contributed by atoms with Crippen molar-refractivity contribution in [3.63, 3.8) is 0 Å². The fourth-order valence-corrected chi connectivity index (χ4v) is 0.744. The fourth-order valence-electron chi connectivity index (χ4n) is 0.444. The smallest absolute Gasteiger partial charge is 0.173 e. The SMILES string of the molecule is CC#C/C(F)=C(/C)CNSN. The normalized spacial score (nSPS) is 11.6. The summed E-state index contributed by atoms with van der Waals surface area (Å²) in [5.74, 6) is 4.42. The Balaban J connectivity index is 4.01. The molecular weight excluding hydrogens is 163 g/mol. The molecule has 0 saturated carbocycles. The molecule has 0 aliphatic heterocycles. The average Bonchev–Trinajstić information content (AvgIpc) is 2.00.